The van der Waals surface area contributed by atoms with Gasteiger partial charge in [0.1, 0.15) is 18.6 Å². The normalized spacial score (nSPS) is 27.2. The fourth-order valence-corrected chi connectivity index (χ4v) is 3.92. The van der Waals surface area contributed by atoms with E-state index in [2.05, 4.69) is 26.6 Å². The molecular weight excluding hydrogens is 450 g/mol. The number of hydrogen-bond acceptors (Lipinski definition) is 10. The predicted octanol–water partition coefficient (Wildman–Crippen LogP) is -3.29. The van der Waals surface area contributed by atoms with Gasteiger partial charge in [-0.2, -0.15) is 0 Å². The van der Waals surface area contributed by atoms with E-state index in [4.69, 9.17) is 10.8 Å². The van der Waals surface area contributed by atoms with E-state index in [0.717, 1.165) is 0 Å². The lowest BCUT2D eigenvalue weighted by molar-refractivity contribution is -0.140. The molecule has 2 amide bonds. The minimum atomic E-state index is -1.34. The number of anilines is 1. The Morgan fingerprint density at radius 1 is 1.18 bits per heavy atom. The highest BCUT2D eigenvalue weighted by Crippen LogP contribution is 2.16. The van der Waals surface area contributed by atoms with Gasteiger partial charge in [-0.3, -0.25) is 30.3 Å². The van der Waals surface area contributed by atoms with Crippen molar-refractivity contribution in [3.8, 4) is 0 Å². The number of amides is 2. The molecule has 0 unspecified atom stereocenters. The van der Waals surface area contributed by atoms with E-state index in [9.17, 15) is 29.4 Å². The largest absolute Gasteiger partial charge is 0.481 e. The number of carboxylic acid groups (broad SMARTS) is 2. The van der Waals surface area contributed by atoms with E-state index in [-0.39, 0.29) is 36.8 Å². The Kier molecular flexibility index (Phi) is 8.49. The number of nitrogens with zero attached hydrogens (tertiary/aromatic N) is 1. The van der Waals surface area contributed by atoms with E-state index in [1.54, 1.807) is 12.1 Å². The second kappa shape index (κ2) is 11.3. The van der Waals surface area contributed by atoms with E-state index >= 15 is 0 Å². The average Bonchev–Trinajstić information content (AvgIpc) is 2.80. The minimum absolute atomic E-state index is 0.162. The fraction of sp³-hybridized carbons (Fsp3) is 0.500. The first-order valence-corrected chi connectivity index (χ1v) is 10.7. The number of benzene rings is 1. The van der Waals surface area contributed by atoms with Gasteiger partial charge in [-0.05, 0) is 30.7 Å². The van der Waals surface area contributed by atoms with Crippen molar-refractivity contribution < 1.29 is 34.5 Å². The molecule has 0 saturated carbocycles. The maximum Gasteiger partial charge on any atom is 0.326 e. The zero-order valence-corrected chi connectivity index (χ0v) is 18.2. The molecule has 0 radical (unpaired) electrons. The second-order valence-electron chi connectivity index (χ2n) is 8.13. The molecular formula is C20H29N7O7. The molecule has 2 saturated heterocycles. The van der Waals surface area contributed by atoms with Crippen molar-refractivity contribution in [3.05, 3.63) is 29.8 Å². The summed E-state index contributed by atoms with van der Waals surface area (Å²) >= 11 is 0. The van der Waals surface area contributed by atoms with Crippen LogP contribution in [0, 0.1) is 0 Å². The van der Waals surface area contributed by atoms with Gasteiger partial charge < -0.3 is 36.6 Å². The molecule has 0 bridgehead atoms. The van der Waals surface area contributed by atoms with Crippen molar-refractivity contribution in [1.82, 2.24) is 26.6 Å². The van der Waals surface area contributed by atoms with Crippen LogP contribution in [0.4, 0.5) is 5.69 Å². The maximum atomic E-state index is 12.4. The van der Waals surface area contributed by atoms with Gasteiger partial charge in [-0.15, -0.1) is 0 Å². The zero-order valence-electron chi connectivity index (χ0n) is 18.2. The van der Waals surface area contributed by atoms with Crippen LogP contribution in [0.1, 0.15) is 23.2 Å². The van der Waals surface area contributed by atoms with Gasteiger partial charge in [0.2, 0.25) is 6.41 Å². The Bertz CT molecular complexity index is 900. The molecule has 3 rings (SSSR count). The molecule has 10 N–H and O–H groups in total. The third kappa shape index (κ3) is 6.47. The summed E-state index contributed by atoms with van der Waals surface area (Å²) in [6.07, 6.45) is -1.67. The number of carboxylic acids is 2. The van der Waals surface area contributed by atoms with Gasteiger partial charge >= 0.3 is 11.9 Å². The number of carbonyl (C=O) groups is 4. The van der Waals surface area contributed by atoms with Gasteiger partial charge in [0.25, 0.3) is 5.91 Å². The molecule has 2 aliphatic rings. The summed E-state index contributed by atoms with van der Waals surface area (Å²) in [6, 6.07) is 4.09. The summed E-state index contributed by atoms with van der Waals surface area (Å²) in [5.74, 6) is -3.16. The van der Waals surface area contributed by atoms with E-state index in [1.807, 2.05) is 0 Å². The Morgan fingerprint density at radius 3 is 2.50 bits per heavy atom. The van der Waals surface area contributed by atoms with Gasteiger partial charge in [-0.25, -0.2) is 4.79 Å². The number of piperazine rings is 1. The van der Waals surface area contributed by atoms with Crippen LogP contribution in [0.2, 0.25) is 0 Å². The molecule has 14 heteroatoms. The summed E-state index contributed by atoms with van der Waals surface area (Å²) in [5.41, 5.74) is 6.44. The zero-order chi connectivity index (χ0) is 24.8. The summed E-state index contributed by atoms with van der Waals surface area (Å²) in [7, 11) is 0. The van der Waals surface area contributed by atoms with Crippen LogP contribution in [-0.2, 0) is 14.4 Å². The van der Waals surface area contributed by atoms with Crippen LogP contribution < -0.4 is 37.2 Å². The lowest BCUT2D eigenvalue weighted by atomic mass is 10.0. The fourth-order valence-electron chi connectivity index (χ4n) is 3.92. The van der Waals surface area contributed by atoms with Crippen LogP contribution >= 0.6 is 0 Å². The van der Waals surface area contributed by atoms with Crippen LogP contribution in [0.3, 0.4) is 0 Å². The first-order valence-electron chi connectivity index (χ1n) is 10.7. The monoisotopic (exact) mass is 479 g/mol. The first kappa shape index (κ1) is 25.5. The molecule has 34 heavy (non-hydrogen) atoms. The standard InChI is InChI=1S/C20H29N7O7/c21-20-25-16-15(18(32)26-20)23-11(7-22-16)8-27(9-28)12-3-1-10(2-4-12)17(31)24-13(19(33)34)5-6-14(29)30/h1-4,9,11,13,15-16,18,20,22-23,25-26,32H,5-8,21H2,(H,24,31)(H,29,30)(H,33,34)/t11-,13+,15+,16-,18-,20+/m0/s1. The molecule has 2 aliphatic heterocycles. The average molecular weight is 479 g/mol. The Morgan fingerprint density at radius 2 is 1.88 bits per heavy atom. The Hall–Kier alpha value is -3.14. The van der Waals surface area contributed by atoms with Gasteiger partial charge in [0.05, 0.1) is 12.2 Å². The van der Waals surface area contributed by atoms with Crippen molar-refractivity contribution in [2.75, 3.05) is 18.0 Å². The highest BCUT2D eigenvalue weighted by molar-refractivity contribution is 5.97. The molecule has 1 aromatic rings. The van der Waals surface area contributed by atoms with Crippen molar-refractivity contribution >= 4 is 29.9 Å². The summed E-state index contributed by atoms with van der Waals surface area (Å²) < 4.78 is 0. The number of aliphatic hydroxyl groups excluding tert-OH is 1. The number of fused-ring (bicyclic) bond motifs is 1. The Balaban J connectivity index is 1.59. The second-order valence-corrected chi connectivity index (χ2v) is 8.13. The number of aliphatic carboxylic acids is 2. The first-order chi connectivity index (χ1) is 16.2. The van der Waals surface area contributed by atoms with Gasteiger partial charge in [-0.1, -0.05) is 0 Å². The molecule has 0 aliphatic carbocycles. The number of nitrogens with two attached hydrogens (primary N) is 1. The van der Waals surface area contributed by atoms with Crippen LogP contribution in [0.25, 0.3) is 0 Å². The van der Waals surface area contributed by atoms with E-state index in [0.29, 0.717) is 18.6 Å². The van der Waals surface area contributed by atoms with E-state index in [1.165, 1.54) is 17.0 Å². The number of aliphatic hydroxyl groups is 1. The topological polar surface area (TPSA) is 218 Å². The Labute approximate surface area is 194 Å². The molecule has 0 aromatic heterocycles. The lowest BCUT2D eigenvalue weighted by Gasteiger charge is -2.46. The number of nitrogens with one attached hydrogen (secondary N) is 5. The molecule has 186 valence electrons. The molecule has 1 aromatic carbocycles. The maximum absolute atomic E-state index is 12.4. The third-order valence-electron chi connectivity index (χ3n) is 5.68. The number of carbonyl (C=O) groups excluding carboxylic acids is 2. The quantitative estimate of drug-likeness (QED) is 0.151. The molecule has 6 atom stereocenters. The molecule has 14 nitrogen and oxygen atoms in total. The van der Waals surface area contributed by atoms with Crippen molar-refractivity contribution in [2.24, 2.45) is 5.73 Å². The number of hydrogen-bond donors (Lipinski definition) is 9. The summed E-state index contributed by atoms with van der Waals surface area (Å²) in [5, 5.41) is 42.8. The molecule has 2 fully saturated rings. The SMILES string of the molecule is N[C@@H]1N[C@@H]2NC[C@@H](CN(C=O)c3ccc(C(=O)N[C@H](CCC(=O)O)C(=O)O)cc3)N[C@H]2[C@H](O)N1. The van der Waals surface area contributed by atoms with Crippen molar-refractivity contribution in [1.29, 1.82) is 0 Å². The van der Waals surface area contributed by atoms with Crippen LogP contribution in [-0.4, -0.2) is 89.5 Å². The highest BCUT2D eigenvalue weighted by atomic mass is 16.4. The van der Waals surface area contributed by atoms with Crippen molar-refractivity contribution in [3.63, 3.8) is 0 Å². The predicted molar refractivity (Wildman–Crippen MR) is 118 cm³/mol. The lowest BCUT2D eigenvalue weighted by Crippen LogP contribution is -2.80. The summed E-state index contributed by atoms with van der Waals surface area (Å²) in [4.78, 5) is 47.5. The molecule has 0 spiro atoms. The van der Waals surface area contributed by atoms with Crippen molar-refractivity contribution in [2.45, 2.75) is 49.7 Å². The highest BCUT2D eigenvalue weighted by Gasteiger charge is 2.39. The van der Waals surface area contributed by atoms with E-state index < -0.39 is 42.8 Å². The summed E-state index contributed by atoms with van der Waals surface area (Å²) in [6.45, 7) is 0.783. The van der Waals surface area contributed by atoms with Gasteiger partial charge in [0.15, 0.2) is 0 Å². The molecule has 2 heterocycles. The number of rotatable bonds is 10. The third-order valence-corrected chi connectivity index (χ3v) is 5.68. The van der Waals surface area contributed by atoms with Crippen LogP contribution in [0.5, 0.6) is 0 Å². The smallest absolute Gasteiger partial charge is 0.326 e. The minimum Gasteiger partial charge on any atom is -0.481 e. The van der Waals surface area contributed by atoms with Crippen LogP contribution in [0.15, 0.2) is 24.3 Å². The van der Waals surface area contributed by atoms with Gasteiger partial charge in [0, 0.05) is 36.8 Å².